The summed E-state index contributed by atoms with van der Waals surface area (Å²) in [5.74, 6) is 5.35. The van der Waals surface area contributed by atoms with E-state index in [1.54, 1.807) is 19.2 Å². The van der Waals surface area contributed by atoms with Gasteiger partial charge < -0.3 is 15.3 Å². The fourth-order valence-electron chi connectivity index (χ4n) is 5.96. The number of amides is 4. The number of carboxylic acid groups (broad SMARTS) is 1. The van der Waals surface area contributed by atoms with E-state index in [1.807, 2.05) is 26.8 Å². The van der Waals surface area contributed by atoms with Gasteiger partial charge in [-0.25, -0.2) is 9.59 Å². The maximum Gasteiger partial charge on any atom is 0.407 e. The molecule has 2 fully saturated rings. The standard InChI is InChI=1S/C30H39N5O6/c1-30(2,3)35(29(40)41)21-12-10-20(11-13-21)26(37)31-17-7-5-6-8-19-9-14-22-24(18-19)33(4)28(39)34(22)23-15-16-25(36)32-27(23)38/h9,14,18,20-21,23H,5,7,10-13,15-17H2,1-4H3,(H,31,37)(H,40,41)(H,32,36,38). The molecule has 3 N–H and O–H groups in total. The van der Waals surface area contributed by atoms with Crippen molar-refractivity contribution in [1.29, 1.82) is 0 Å². The van der Waals surface area contributed by atoms with Crippen molar-refractivity contribution in [3.05, 3.63) is 34.2 Å². The van der Waals surface area contributed by atoms with Gasteiger partial charge in [0.1, 0.15) is 6.04 Å². The molecule has 2 aromatic rings. The minimum Gasteiger partial charge on any atom is -0.465 e. The molecule has 4 rings (SSSR count). The number of rotatable bonds is 6. The summed E-state index contributed by atoms with van der Waals surface area (Å²) in [5, 5.41) is 14.9. The number of aryl methyl sites for hydroxylation is 1. The maximum absolute atomic E-state index is 12.9. The summed E-state index contributed by atoms with van der Waals surface area (Å²) in [6, 6.07) is 4.60. The van der Waals surface area contributed by atoms with E-state index >= 15 is 0 Å². The quantitative estimate of drug-likeness (QED) is 0.279. The number of nitrogens with zero attached hydrogens (tertiary/aromatic N) is 3. The van der Waals surface area contributed by atoms with Crippen molar-refractivity contribution < 1.29 is 24.3 Å². The fraction of sp³-hybridized carbons (Fsp3) is 0.567. The number of imide groups is 1. The molecule has 0 radical (unpaired) electrons. The number of carbonyl (C=O) groups excluding carboxylic acids is 3. The van der Waals surface area contributed by atoms with Gasteiger partial charge in [-0.15, -0.1) is 0 Å². The van der Waals surface area contributed by atoms with E-state index in [2.05, 4.69) is 22.5 Å². The summed E-state index contributed by atoms with van der Waals surface area (Å²) in [4.78, 5) is 62.7. The molecule has 1 saturated carbocycles. The molecule has 4 amide bonds. The van der Waals surface area contributed by atoms with Gasteiger partial charge >= 0.3 is 11.8 Å². The van der Waals surface area contributed by atoms with Crippen LogP contribution in [-0.2, 0) is 21.4 Å². The third-order valence-electron chi connectivity index (χ3n) is 7.98. The molecular weight excluding hydrogens is 526 g/mol. The van der Waals surface area contributed by atoms with Gasteiger partial charge in [-0.1, -0.05) is 11.8 Å². The van der Waals surface area contributed by atoms with E-state index in [1.165, 1.54) is 14.0 Å². The number of piperidine rings is 1. The van der Waals surface area contributed by atoms with Crippen LogP contribution in [0, 0.1) is 17.8 Å². The lowest BCUT2D eigenvalue weighted by Gasteiger charge is -2.42. The summed E-state index contributed by atoms with van der Waals surface area (Å²) in [6.45, 7) is 6.19. The Balaban J connectivity index is 1.27. The number of benzene rings is 1. The molecule has 2 aliphatic rings. The van der Waals surface area contributed by atoms with Crippen molar-refractivity contribution in [3.8, 4) is 11.8 Å². The van der Waals surface area contributed by atoms with E-state index in [0.29, 0.717) is 56.1 Å². The van der Waals surface area contributed by atoms with E-state index in [4.69, 9.17) is 0 Å². The van der Waals surface area contributed by atoms with Gasteiger partial charge in [-0.2, -0.15) is 0 Å². The molecule has 1 unspecified atom stereocenters. The van der Waals surface area contributed by atoms with E-state index in [9.17, 15) is 29.1 Å². The SMILES string of the molecule is Cn1c(=O)n(C2CCC(=O)NC2=O)c2ccc(C#CCCCNC(=O)C3CCC(N(C(=O)O)C(C)(C)C)CC3)cc21. The highest BCUT2D eigenvalue weighted by Crippen LogP contribution is 2.31. The minimum atomic E-state index is -0.916. The zero-order valence-electron chi connectivity index (χ0n) is 24.2. The molecule has 2 heterocycles. The average Bonchev–Trinajstić information content (AvgIpc) is 3.14. The molecule has 1 aliphatic carbocycles. The number of carbonyl (C=O) groups is 4. The highest BCUT2D eigenvalue weighted by molar-refractivity contribution is 6.00. The van der Waals surface area contributed by atoms with Crippen molar-refractivity contribution in [1.82, 2.24) is 24.7 Å². The molecule has 1 saturated heterocycles. The summed E-state index contributed by atoms with van der Waals surface area (Å²) < 4.78 is 2.92. The topological polar surface area (TPSA) is 143 Å². The monoisotopic (exact) mass is 565 g/mol. The Labute approximate surface area is 239 Å². The van der Waals surface area contributed by atoms with Crippen LogP contribution in [0.3, 0.4) is 0 Å². The number of hydrogen-bond acceptors (Lipinski definition) is 5. The zero-order chi connectivity index (χ0) is 29.9. The number of nitrogens with one attached hydrogen (secondary N) is 2. The Morgan fingerprint density at radius 1 is 1.10 bits per heavy atom. The lowest BCUT2D eigenvalue weighted by Crippen LogP contribution is -2.52. The van der Waals surface area contributed by atoms with Crippen molar-refractivity contribution in [2.75, 3.05) is 6.54 Å². The second-order valence-electron chi connectivity index (χ2n) is 11.9. The van der Waals surface area contributed by atoms with Crippen LogP contribution in [0.1, 0.15) is 83.7 Å². The molecule has 11 nitrogen and oxygen atoms in total. The summed E-state index contributed by atoms with van der Waals surface area (Å²) in [5.41, 5.74) is 1.21. The molecule has 1 aliphatic heterocycles. The first kappa shape index (κ1) is 29.9. The van der Waals surface area contributed by atoms with E-state index in [0.717, 1.165) is 5.56 Å². The van der Waals surface area contributed by atoms with Crippen LogP contribution in [0.25, 0.3) is 11.0 Å². The Kier molecular flexibility index (Phi) is 8.90. The van der Waals surface area contributed by atoms with Crippen molar-refractivity contribution in [2.45, 2.75) is 89.8 Å². The van der Waals surface area contributed by atoms with Crippen LogP contribution in [-0.4, -0.2) is 61.1 Å². The van der Waals surface area contributed by atoms with E-state index < -0.39 is 23.6 Å². The summed E-state index contributed by atoms with van der Waals surface area (Å²) in [6.07, 6.45) is 3.54. The normalized spacial score (nSPS) is 21.1. The molecule has 11 heteroatoms. The third kappa shape index (κ3) is 6.64. The molecule has 220 valence electrons. The number of imidazole rings is 1. The third-order valence-corrected chi connectivity index (χ3v) is 7.98. The van der Waals surface area contributed by atoms with Crippen molar-refractivity contribution in [2.24, 2.45) is 13.0 Å². The number of hydrogen-bond donors (Lipinski definition) is 3. The second-order valence-corrected chi connectivity index (χ2v) is 11.9. The maximum atomic E-state index is 12.9. The Hall–Kier alpha value is -4.07. The Bertz CT molecular complexity index is 1460. The second kappa shape index (κ2) is 12.2. The van der Waals surface area contributed by atoms with Gasteiger partial charge in [0.25, 0.3) is 0 Å². The van der Waals surface area contributed by atoms with Crippen LogP contribution >= 0.6 is 0 Å². The van der Waals surface area contributed by atoms with Crippen LogP contribution in [0.15, 0.2) is 23.0 Å². The highest BCUT2D eigenvalue weighted by atomic mass is 16.4. The molecule has 1 aromatic heterocycles. The molecular formula is C30H39N5O6. The Morgan fingerprint density at radius 3 is 2.44 bits per heavy atom. The van der Waals surface area contributed by atoms with Crippen LogP contribution in [0.2, 0.25) is 0 Å². The van der Waals surface area contributed by atoms with Crippen LogP contribution in [0.5, 0.6) is 0 Å². The highest BCUT2D eigenvalue weighted by Gasteiger charge is 2.37. The first-order valence-corrected chi connectivity index (χ1v) is 14.2. The lowest BCUT2D eigenvalue weighted by atomic mass is 9.83. The zero-order valence-corrected chi connectivity index (χ0v) is 24.2. The van der Waals surface area contributed by atoms with Gasteiger partial charge in [0.05, 0.1) is 11.0 Å². The minimum absolute atomic E-state index is 0.0148. The molecule has 1 aromatic carbocycles. The summed E-state index contributed by atoms with van der Waals surface area (Å²) >= 11 is 0. The van der Waals surface area contributed by atoms with Crippen molar-refractivity contribution in [3.63, 3.8) is 0 Å². The molecule has 1 atom stereocenters. The van der Waals surface area contributed by atoms with Gasteiger partial charge in [-0.05, 0) is 77.5 Å². The van der Waals surface area contributed by atoms with Crippen LogP contribution < -0.4 is 16.3 Å². The molecule has 0 spiro atoms. The summed E-state index contributed by atoms with van der Waals surface area (Å²) in [7, 11) is 1.64. The number of fused-ring (bicyclic) bond motifs is 1. The first-order valence-electron chi connectivity index (χ1n) is 14.2. The van der Waals surface area contributed by atoms with Crippen LogP contribution in [0.4, 0.5) is 4.79 Å². The Morgan fingerprint density at radius 2 is 1.80 bits per heavy atom. The van der Waals surface area contributed by atoms with Gasteiger partial charge in [0, 0.05) is 49.5 Å². The lowest BCUT2D eigenvalue weighted by molar-refractivity contribution is -0.135. The predicted octanol–water partition coefficient (Wildman–Crippen LogP) is 2.90. The number of aromatic nitrogens is 2. The number of unbranched alkanes of at least 4 members (excludes halogenated alkanes) is 1. The smallest absolute Gasteiger partial charge is 0.407 e. The van der Waals surface area contributed by atoms with E-state index in [-0.39, 0.29) is 42.3 Å². The fourth-order valence-corrected chi connectivity index (χ4v) is 5.96. The first-order chi connectivity index (χ1) is 19.4. The molecule has 41 heavy (non-hydrogen) atoms. The predicted molar refractivity (Wildman–Crippen MR) is 153 cm³/mol. The molecule has 0 bridgehead atoms. The van der Waals surface area contributed by atoms with Gasteiger partial charge in [0.2, 0.25) is 17.7 Å². The van der Waals surface area contributed by atoms with Gasteiger partial charge in [-0.3, -0.25) is 28.8 Å². The van der Waals surface area contributed by atoms with Gasteiger partial charge in [0.15, 0.2) is 0 Å². The average molecular weight is 566 g/mol. The largest absolute Gasteiger partial charge is 0.465 e. The van der Waals surface area contributed by atoms with Crippen molar-refractivity contribution >= 4 is 34.8 Å².